The zero-order valence-electron chi connectivity index (χ0n) is 52.1. The minimum absolute atomic E-state index is 0.105. The number of carbonyl (C=O) groups is 4. The van der Waals surface area contributed by atoms with E-state index in [0.29, 0.717) is 25.7 Å². The molecule has 0 bridgehead atoms. The summed E-state index contributed by atoms with van der Waals surface area (Å²) in [6, 6.07) is 0. The average Bonchev–Trinajstić information content (AvgIpc) is 3.42. The SMILES string of the molecule is CCCCCCCCCCCCC(=O)O[C@H](COC(=O)CCCCCCCCC)COP(=O)(O)OC[C@H](O)COP(=O)(O)OC[C@@H](COC(=O)CCCCCCCCCCC(C)C)OC(=O)CCCCCCCCCCCCC(C)C. The number of unbranched alkanes of at least 4 members (excludes halogenated alkanes) is 31. The van der Waals surface area contributed by atoms with Crippen molar-refractivity contribution in [3.8, 4) is 0 Å². The van der Waals surface area contributed by atoms with Gasteiger partial charge in [-0.1, -0.05) is 253 Å². The molecule has 19 heteroatoms. The lowest BCUT2D eigenvalue weighted by molar-refractivity contribution is -0.161. The van der Waals surface area contributed by atoms with E-state index in [1.54, 1.807) is 0 Å². The van der Waals surface area contributed by atoms with Crippen LogP contribution in [-0.4, -0.2) is 96.7 Å². The van der Waals surface area contributed by atoms with E-state index >= 15 is 0 Å². The van der Waals surface area contributed by atoms with Crippen molar-refractivity contribution in [1.82, 2.24) is 0 Å². The van der Waals surface area contributed by atoms with E-state index in [0.717, 1.165) is 115 Å². The number of phosphoric ester groups is 2. The van der Waals surface area contributed by atoms with Gasteiger partial charge in [0.15, 0.2) is 12.2 Å². The number of hydrogen-bond donors (Lipinski definition) is 3. The molecule has 0 spiro atoms. The first-order chi connectivity index (χ1) is 38.9. The van der Waals surface area contributed by atoms with Crippen LogP contribution in [0.5, 0.6) is 0 Å². The van der Waals surface area contributed by atoms with E-state index in [-0.39, 0.29) is 25.7 Å². The number of esters is 4. The van der Waals surface area contributed by atoms with Crippen LogP contribution in [0.2, 0.25) is 0 Å². The molecule has 0 heterocycles. The highest BCUT2D eigenvalue weighted by Crippen LogP contribution is 2.45. The molecule has 480 valence electrons. The highest BCUT2D eigenvalue weighted by atomic mass is 31.2. The van der Waals surface area contributed by atoms with Crippen LogP contribution in [0.1, 0.15) is 305 Å². The van der Waals surface area contributed by atoms with Gasteiger partial charge >= 0.3 is 39.5 Å². The van der Waals surface area contributed by atoms with E-state index < -0.39 is 97.5 Å². The average molecular weight is 1200 g/mol. The Morgan fingerprint density at radius 1 is 0.333 bits per heavy atom. The number of aliphatic hydroxyl groups is 1. The van der Waals surface area contributed by atoms with Gasteiger partial charge in [0.2, 0.25) is 0 Å². The number of phosphoric acid groups is 2. The van der Waals surface area contributed by atoms with Crippen molar-refractivity contribution < 1.29 is 80.2 Å². The molecule has 0 aromatic rings. The molecule has 0 fully saturated rings. The Kier molecular flexibility index (Phi) is 53.4. The van der Waals surface area contributed by atoms with Crippen LogP contribution < -0.4 is 0 Å². The Labute approximate surface area is 492 Å². The van der Waals surface area contributed by atoms with Gasteiger partial charge in [-0.2, -0.15) is 0 Å². The quantitative estimate of drug-likeness (QED) is 0.0222. The van der Waals surface area contributed by atoms with E-state index in [1.807, 2.05) is 0 Å². The van der Waals surface area contributed by atoms with Crippen LogP contribution in [0.3, 0.4) is 0 Å². The van der Waals surface area contributed by atoms with Gasteiger partial charge in [0.25, 0.3) is 0 Å². The van der Waals surface area contributed by atoms with E-state index in [2.05, 4.69) is 41.5 Å². The van der Waals surface area contributed by atoms with Crippen molar-refractivity contribution in [1.29, 1.82) is 0 Å². The largest absolute Gasteiger partial charge is 0.472 e. The molecule has 81 heavy (non-hydrogen) atoms. The van der Waals surface area contributed by atoms with Crippen LogP contribution >= 0.6 is 15.6 Å². The summed E-state index contributed by atoms with van der Waals surface area (Å²) in [5.74, 6) is -0.663. The maximum absolute atomic E-state index is 13.0. The van der Waals surface area contributed by atoms with Crippen LogP contribution in [0.15, 0.2) is 0 Å². The van der Waals surface area contributed by atoms with Crippen LogP contribution in [0.4, 0.5) is 0 Å². The molecule has 0 aromatic heterocycles. The Bertz CT molecular complexity index is 1600. The molecule has 0 aliphatic heterocycles. The maximum atomic E-state index is 13.0. The third-order valence-electron chi connectivity index (χ3n) is 14.2. The highest BCUT2D eigenvalue weighted by molar-refractivity contribution is 7.47. The lowest BCUT2D eigenvalue weighted by Gasteiger charge is -2.21. The summed E-state index contributed by atoms with van der Waals surface area (Å²) in [5.41, 5.74) is 0. The Hall–Kier alpha value is -1.94. The molecular formula is C62H120O17P2. The maximum Gasteiger partial charge on any atom is 0.472 e. The van der Waals surface area contributed by atoms with E-state index in [1.165, 1.54) is 109 Å². The molecule has 5 atom stereocenters. The first kappa shape index (κ1) is 79.1. The lowest BCUT2D eigenvalue weighted by atomic mass is 10.0. The normalized spacial score (nSPS) is 14.4. The van der Waals surface area contributed by atoms with Crippen LogP contribution in [-0.2, 0) is 65.4 Å². The van der Waals surface area contributed by atoms with Gasteiger partial charge in [-0.25, -0.2) is 9.13 Å². The van der Waals surface area contributed by atoms with E-state index in [4.69, 9.17) is 37.0 Å². The number of rotatable bonds is 61. The number of aliphatic hydroxyl groups excluding tert-OH is 1. The predicted molar refractivity (Wildman–Crippen MR) is 321 cm³/mol. The molecule has 2 unspecified atom stereocenters. The molecule has 0 amide bonds. The van der Waals surface area contributed by atoms with Gasteiger partial charge in [-0.05, 0) is 37.5 Å². The molecular weight excluding hydrogens is 1080 g/mol. The third kappa shape index (κ3) is 56.9. The summed E-state index contributed by atoms with van der Waals surface area (Å²) >= 11 is 0. The predicted octanol–water partition coefficient (Wildman–Crippen LogP) is 16.9. The molecule has 0 rings (SSSR count). The minimum atomic E-state index is -4.94. The van der Waals surface area contributed by atoms with Crippen LogP contribution in [0, 0.1) is 11.8 Å². The van der Waals surface area contributed by atoms with E-state index in [9.17, 15) is 43.2 Å². The Morgan fingerprint density at radius 3 is 0.840 bits per heavy atom. The second-order valence-electron chi connectivity index (χ2n) is 23.4. The zero-order chi connectivity index (χ0) is 60.1. The molecule has 0 radical (unpaired) electrons. The fourth-order valence-corrected chi connectivity index (χ4v) is 10.8. The summed E-state index contributed by atoms with van der Waals surface area (Å²) in [7, 11) is -9.88. The second-order valence-corrected chi connectivity index (χ2v) is 26.3. The molecule has 17 nitrogen and oxygen atoms in total. The van der Waals surface area contributed by atoms with Gasteiger partial charge in [0, 0.05) is 25.7 Å². The van der Waals surface area contributed by atoms with Crippen molar-refractivity contribution >= 4 is 39.5 Å². The third-order valence-corrected chi connectivity index (χ3v) is 16.1. The smallest absolute Gasteiger partial charge is 0.462 e. The Balaban J connectivity index is 5.22. The van der Waals surface area contributed by atoms with Crippen molar-refractivity contribution in [2.24, 2.45) is 11.8 Å². The summed E-state index contributed by atoms with van der Waals surface area (Å²) in [6.07, 6.45) is 36.3. The molecule has 0 saturated carbocycles. The van der Waals surface area contributed by atoms with Crippen LogP contribution in [0.25, 0.3) is 0 Å². The first-order valence-corrected chi connectivity index (χ1v) is 35.5. The van der Waals surface area contributed by atoms with Gasteiger partial charge < -0.3 is 33.8 Å². The van der Waals surface area contributed by atoms with Gasteiger partial charge in [0.05, 0.1) is 26.4 Å². The zero-order valence-corrected chi connectivity index (χ0v) is 53.9. The standard InChI is InChI=1S/C62H120O17P2/c1-7-9-11-13-15-16-20-28-34-40-46-61(66)78-57(50-72-59(64)44-38-32-24-14-12-10-8-2)52-76-80(68,69)74-48-56(63)49-75-81(70,71)77-53-58(51-73-60(65)45-39-33-27-23-22-26-31-37-43-55(5)6)79-62(67)47-41-35-29-21-18-17-19-25-30-36-42-54(3)4/h54-58,63H,7-53H2,1-6H3,(H,68,69)(H,70,71)/t56-,57+,58+/m0/s1. The van der Waals surface area contributed by atoms with Crippen molar-refractivity contribution in [3.63, 3.8) is 0 Å². The number of hydrogen-bond acceptors (Lipinski definition) is 15. The molecule has 0 aliphatic carbocycles. The fourth-order valence-electron chi connectivity index (χ4n) is 9.18. The summed E-state index contributed by atoms with van der Waals surface area (Å²) in [5, 5.41) is 10.5. The molecule has 0 aliphatic rings. The first-order valence-electron chi connectivity index (χ1n) is 32.5. The fraction of sp³-hybridized carbons (Fsp3) is 0.935. The summed E-state index contributed by atoms with van der Waals surface area (Å²) in [4.78, 5) is 72.0. The lowest BCUT2D eigenvalue weighted by Crippen LogP contribution is -2.30. The topological polar surface area (TPSA) is 237 Å². The van der Waals surface area contributed by atoms with Crippen molar-refractivity contribution in [2.75, 3.05) is 39.6 Å². The Morgan fingerprint density at radius 2 is 0.568 bits per heavy atom. The van der Waals surface area contributed by atoms with Gasteiger partial charge in [0.1, 0.15) is 19.3 Å². The summed E-state index contributed by atoms with van der Waals surface area (Å²) < 4.78 is 67.8. The minimum Gasteiger partial charge on any atom is -0.462 e. The van der Waals surface area contributed by atoms with Crippen molar-refractivity contribution in [2.45, 2.75) is 323 Å². The van der Waals surface area contributed by atoms with Gasteiger partial charge in [-0.3, -0.25) is 37.3 Å². The molecule has 0 aromatic carbocycles. The molecule has 0 saturated heterocycles. The molecule has 3 N–H and O–H groups in total. The highest BCUT2D eigenvalue weighted by Gasteiger charge is 2.30. The monoisotopic (exact) mass is 1200 g/mol. The summed E-state index contributed by atoms with van der Waals surface area (Å²) in [6.45, 7) is 9.39. The van der Waals surface area contributed by atoms with Crippen molar-refractivity contribution in [3.05, 3.63) is 0 Å². The number of carbonyl (C=O) groups excluding carboxylic acids is 4. The number of ether oxygens (including phenoxy) is 4. The van der Waals surface area contributed by atoms with Gasteiger partial charge in [-0.15, -0.1) is 0 Å². The second kappa shape index (κ2) is 54.7.